The highest BCUT2D eigenvalue weighted by atomic mass is 16.4. The first-order valence-electron chi connectivity index (χ1n) is 3.65. The van der Waals surface area contributed by atoms with Crippen LogP contribution in [0.1, 0.15) is 13.3 Å². The van der Waals surface area contributed by atoms with Crippen LogP contribution in [-0.4, -0.2) is 36.0 Å². The van der Waals surface area contributed by atoms with Crippen LogP contribution in [0.5, 0.6) is 0 Å². The summed E-state index contributed by atoms with van der Waals surface area (Å²) in [5.41, 5.74) is -0.164. The Balaban J connectivity index is 4.65. The average molecular weight is 171 g/mol. The van der Waals surface area contributed by atoms with Gasteiger partial charge in [0.15, 0.2) is 0 Å². The molecule has 0 aliphatic heterocycles. The lowest BCUT2D eigenvalue weighted by atomic mass is 10.2. The number of aliphatic carboxylic acids is 1. The Bertz CT molecular complexity index is 218. The van der Waals surface area contributed by atoms with Gasteiger partial charge in [0.2, 0.25) is 0 Å². The van der Waals surface area contributed by atoms with Gasteiger partial charge >= 0.3 is 5.97 Å². The first-order valence-corrected chi connectivity index (χ1v) is 3.65. The summed E-state index contributed by atoms with van der Waals surface area (Å²) in [7, 11) is 3.05. The zero-order valence-corrected chi connectivity index (χ0v) is 7.50. The molecule has 0 saturated heterocycles. The minimum atomic E-state index is -1.17. The molecule has 0 aliphatic rings. The second-order valence-electron chi connectivity index (χ2n) is 2.53. The molecule has 1 amide bonds. The Morgan fingerprint density at radius 3 is 2.17 bits per heavy atom. The maximum Gasteiger partial charge on any atom is 0.340 e. The standard InChI is InChI=1S/C8H13NO3/c1-4-5-6(8(11)12)7(10)9(2)3/h5H,4H2,1-3H3,(H,11,12)/b6-5+. The minimum absolute atomic E-state index is 0.164. The number of hydrogen-bond acceptors (Lipinski definition) is 2. The highest BCUT2D eigenvalue weighted by Gasteiger charge is 2.17. The SMILES string of the molecule is CC/C=C(/C(=O)O)C(=O)N(C)C. The lowest BCUT2D eigenvalue weighted by Crippen LogP contribution is -2.27. The van der Waals surface area contributed by atoms with Gasteiger partial charge in [0.05, 0.1) is 0 Å². The Labute approximate surface area is 71.5 Å². The van der Waals surface area contributed by atoms with Crippen LogP contribution in [0.2, 0.25) is 0 Å². The highest BCUT2D eigenvalue weighted by molar-refractivity contribution is 6.15. The Hall–Kier alpha value is -1.32. The van der Waals surface area contributed by atoms with Crippen molar-refractivity contribution in [3.8, 4) is 0 Å². The van der Waals surface area contributed by atoms with Gasteiger partial charge in [-0.3, -0.25) is 4.79 Å². The summed E-state index contributed by atoms with van der Waals surface area (Å²) in [5, 5.41) is 8.61. The molecular weight excluding hydrogens is 158 g/mol. The van der Waals surface area contributed by atoms with Crippen molar-refractivity contribution in [2.45, 2.75) is 13.3 Å². The van der Waals surface area contributed by atoms with E-state index in [0.717, 1.165) is 0 Å². The fourth-order valence-corrected chi connectivity index (χ4v) is 0.711. The second kappa shape index (κ2) is 4.54. The fraction of sp³-hybridized carbons (Fsp3) is 0.500. The van der Waals surface area contributed by atoms with E-state index in [1.54, 1.807) is 6.92 Å². The summed E-state index contributed by atoms with van der Waals surface area (Å²) in [6.45, 7) is 1.78. The summed E-state index contributed by atoms with van der Waals surface area (Å²) in [6.07, 6.45) is 1.95. The molecule has 0 fully saturated rings. The van der Waals surface area contributed by atoms with Crippen LogP contribution in [0.15, 0.2) is 11.6 Å². The number of carboxylic acids is 1. The molecule has 0 atom stereocenters. The number of amides is 1. The third-order valence-corrected chi connectivity index (χ3v) is 1.28. The predicted octanol–water partition coefficient (Wildman–Crippen LogP) is 0.496. The van der Waals surface area contributed by atoms with Crippen molar-refractivity contribution in [3.63, 3.8) is 0 Å². The first-order chi connectivity index (χ1) is 5.50. The van der Waals surface area contributed by atoms with Gasteiger partial charge in [-0.15, -0.1) is 0 Å². The van der Waals surface area contributed by atoms with Crippen LogP contribution >= 0.6 is 0 Å². The molecule has 0 saturated carbocycles. The molecule has 12 heavy (non-hydrogen) atoms. The molecule has 68 valence electrons. The van der Waals surface area contributed by atoms with E-state index in [9.17, 15) is 9.59 Å². The Morgan fingerprint density at radius 1 is 1.42 bits per heavy atom. The maximum atomic E-state index is 11.2. The molecular formula is C8H13NO3. The monoisotopic (exact) mass is 171 g/mol. The van der Waals surface area contributed by atoms with E-state index < -0.39 is 11.9 Å². The van der Waals surface area contributed by atoms with Gasteiger partial charge in [-0.2, -0.15) is 0 Å². The lowest BCUT2D eigenvalue weighted by molar-refractivity contribution is -0.136. The van der Waals surface area contributed by atoms with Crippen LogP contribution < -0.4 is 0 Å². The number of rotatable bonds is 3. The number of allylic oxidation sites excluding steroid dienone is 1. The third-order valence-electron chi connectivity index (χ3n) is 1.28. The van der Waals surface area contributed by atoms with Crippen LogP contribution in [0, 0.1) is 0 Å². The van der Waals surface area contributed by atoms with E-state index in [-0.39, 0.29) is 5.57 Å². The first kappa shape index (κ1) is 10.7. The molecule has 0 aromatic carbocycles. The molecule has 0 bridgehead atoms. The van der Waals surface area contributed by atoms with Gasteiger partial charge in [0.25, 0.3) is 5.91 Å². The molecule has 0 aromatic heterocycles. The quantitative estimate of drug-likeness (QED) is 0.382. The molecule has 0 aromatic rings. The van der Waals surface area contributed by atoms with E-state index >= 15 is 0 Å². The van der Waals surface area contributed by atoms with E-state index in [2.05, 4.69) is 0 Å². The van der Waals surface area contributed by atoms with Gasteiger partial charge < -0.3 is 10.0 Å². The molecule has 0 rings (SSSR count). The second-order valence-corrected chi connectivity index (χ2v) is 2.53. The number of likely N-dealkylation sites (N-methyl/N-ethyl adjacent to an activating group) is 1. The summed E-state index contributed by atoms with van der Waals surface area (Å²) in [6, 6.07) is 0. The number of carbonyl (C=O) groups excluding carboxylic acids is 1. The number of carboxylic acid groups (broad SMARTS) is 1. The largest absolute Gasteiger partial charge is 0.478 e. The molecule has 0 spiro atoms. The highest BCUT2D eigenvalue weighted by Crippen LogP contribution is 2.00. The number of nitrogens with zero attached hydrogens (tertiary/aromatic N) is 1. The molecule has 1 N–H and O–H groups in total. The van der Waals surface area contributed by atoms with Gasteiger partial charge in [-0.25, -0.2) is 4.79 Å². The fourth-order valence-electron chi connectivity index (χ4n) is 0.711. The van der Waals surface area contributed by atoms with Crippen molar-refractivity contribution in [2.24, 2.45) is 0 Å². The van der Waals surface area contributed by atoms with Gasteiger partial charge in [-0.05, 0) is 6.42 Å². The summed E-state index contributed by atoms with van der Waals surface area (Å²) in [4.78, 5) is 22.9. The summed E-state index contributed by atoms with van der Waals surface area (Å²) < 4.78 is 0. The molecule has 4 nitrogen and oxygen atoms in total. The zero-order chi connectivity index (χ0) is 9.72. The van der Waals surface area contributed by atoms with Gasteiger partial charge in [0.1, 0.15) is 5.57 Å². The lowest BCUT2D eigenvalue weighted by Gasteiger charge is -2.09. The summed E-state index contributed by atoms with van der Waals surface area (Å²) >= 11 is 0. The zero-order valence-electron chi connectivity index (χ0n) is 7.50. The van der Waals surface area contributed by atoms with E-state index in [1.165, 1.54) is 25.1 Å². The van der Waals surface area contributed by atoms with Crippen LogP contribution in [0.3, 0.4) is 0 Å². The normalized spacial score (nSPS) is 11.1. The topological polar surface area (TPSA) is 57.6 Å². The molecule has 0 radical (unpaired) electrons. The smallest absolute Gasteiger partial charge is 0.340 e. The Morgan fingerprint density at radius 2 is 1.92 bits per heavy atom. The molecule has 0 aliphatic carbocycles. The van der Waals surface area contributed by atoms with Crippen molar-refractivity contribution >= 4 is 11.9 Å². The van der Waals surface area contributed by atoms with Crippen molar-refractivity contribution in [1.29, 1.82) is 0 Å². The molecule has 0 unspecified atom stereocenters. The van der Waals surface area contributed by atoms with E-state index in [0.29, 0.717) is 6.42 Å². The van der Waals surface area contributed by atoms with E-state index in [1.807, 2.05) is 0 Å². The number of hydrogen-bond donors (Lipinski definition) is 1. The maximum absolute atomic E-state index is 11.2. The van der Waals surface area contributed by atoms with Crippen LogP contribution in [0.25, 0.3) is 0 Å². The Kier molecular flexibility index (Phi) is 4.04. The van der Waals surface area contributed by atoms with Crippen molar-refractivity contribution in [1.82, 2.24) is 4.90 Å². The number of carbonyl (C=O) groups is 2. The molecule has 4 heteroatoms. The average Bonchev–Trinajstić information content (AvgIpc) is 1.98. The van der Waals surface area contributed by atoms with Crippen molar-refractivity contribution in [2.75, 3.05) is 14.1 Å². The summed E-state index contributed by atoms with van der Waals surface area (Å²) in [5.74, 6) is -1.64. The van der Waals surface area contributed by atoms with Crippen molar-refractivity contribution in [3.05, 3.63) is 11.6 Å². The minimum Gasteiger partial charge on any atom is -0.478 e. The van der Waals surface area contributed by atoms with Crippen molar-refractivity contribution < 1.29 is 14.7 Å². The van der Waals surface area contributed by atoms with E-state index in [4.69, 9.17) is 5.11 Å². The van der Waals surface area contributed by atoms with Crippen LogP contribution in [-0.2, 0) is 9.59 Å². The van der Waals surface area contributed by atoms with Gasteiger partial charge in [-0.1, -0.05) is 13.0 Å². The molecule has 0 heterocycles. The van der Waals surface area contributed by atoms with Crippen LogP contribution in [0.4, 0.5) is 0 Å². The predicted molar refractivity (Wildman–Crippen MR) is 44.7 cm³/mol. The van der Waals surface area contributed by atoms with Gasteiger partial charge in [0, 0.05) is 14.1 Å². The third kappa shape index (κ3) is 2.74.